The van der Waals surface area contributed by atoms with Gasteiger partial charge in [-0.3, -0.25) is 9.59 Å². The number of aliphatic carboxylic acids is 1. The van der Waals surface area contributed by atoms with Gasteiger partial charge in [-0.15, -0.1) is 0 Å². The van der Waals surface area contributed by atoms with Crippen molar-refractivity contribution < 1.29 is 28.9 Å². The Morgan fingerprint density at radius 1 is 1.16 bits per heavy atom. The molecule has 0 radical (unpaired) electrons. The van der Waals surface area contributed by atoms with Crippen molar-refractivity contribution in [1.82, 2.24) is 4.90 Å². The van der Waals surface area contributed by atoms with Crippen molar-refractivity contribution in [2.24, 2.45) is 11.3 Å². The molecule has 2 fully saturated rings. The molecule has 134 valence electrons. The molecular formula is C18H21NO6. The fraction of sp³-hybridized carbons (Fsp3) is 0.556. The van der Waals surface area contributed by atoms with Crippen LogP contribution in [-0.2, 0) is 9.53 Å². The Bertz CT molecular complexity index is 705. The monoisotopic (exact) mass is 347 g/mol. The lowest BCUT2D eigenvalue weighted by atomic mass is 9.74. The first-order valence-corrected chi connectivity index (χ1v) is 8.60. The highest BCUT2D eigenvalue weighted by molar-refractivity contribution is 5.96. The quantitative estimate of drug-likeness (QED) is 0.871. The molecule has 0 spiro atoms. The summed E-state index contributed by atoms with van der Waals surface area (Å²) in [6, 6.07) is 5.14. The molecule has 1 N–H and O–H groups in total. The summed E-state index contributed by atoms with van der Waals surface area (Å²) in [5.74, 6) is 0.0272. The second-order valence-corrected chi connectivity index (χ2v) is 6.88. The predicted octanol–water partition coefficient (Wildman–Crippen LogP) is 1.41. The van der Waals surface area contributed by atoms with Crippen molar-refractivity contribution in [3.63, 3.8) is 0 Å². The van der Waals surface area contributed by atoms with E-state index >= 15 is 0 Å². The predicted molar refractivity (Wildman–Crippen MR) is 86.9 cm³/mol. The van der Waals surface area contributed by atoms with E-state index in [0.717, 1.165) is 6.42 Å². The Morgan fingerprint density at radius 2 is 1.96 bits per heavy atom. The van der Waals surface area contributed by atoms with E-state index in [-0.39, 0.29) is 18.4 Å². The number of benzene rings is 1. The zero-order valence-corrected chi connectivity index (χ0v) is 13.9. The second kappa shape index (κ2) is 6.22. The van der Waals surface area contributed by atoms with Gasteiger partial charge in [-0.25, -0.2) is 0 Å². The van der Waals surface area contributed by atoms with E-state index in [9.17, 15) is 14.7 Å². The third-order valence-electron chi connectivity index (χ3n) is 5.41. The summed E-state index contributed by atoms with van der Waals surface area (Å²) < 4.78 is 16.7. The first-order chi connectivity index (χ1) is 12.1. The average molecular weight is 347 g/mol. The molecule has 7 nitrogen and oxygen atoms in total. The van der Waals surface area contributed by atoms with Crippen LogP contribution in [-0.4, -0.2) is 61.4 Å². The molecule has 2 saturated heterocycles. The second-order valence-electron chi connectivity index (χ2n) is 6.88. The molecule has 0 aromatic heterocycles. The van der Waals surface area contributed by atoms with Crippen LogP contribution in [0.4, 0.5) is 0 Å². The van der Waals surface area contributed by atoms with Crippen LogP contribution in [0.1, 0.15) is 23.2 Å². The van der Waals surface area contributed by atoms with E-state index in [1.165, 1.54) is 0 Å². The lowest BCUT2D eigenvalue weighted by Crippen LogP contribution is -2.45. The summed E-state index contributed by atoms with van der Waals surface area (Å²) in [6.07, 6.45) is 1.24. The third kappa shape index (κ3) is 2.72. The lowest BCUT2D eigenvalue weighted by molar-refractivity contribution is -0.157. The van der Waals surface area contributed by atoms with E-state index in [0.29, 0.717) is 56.5 Å². The van der Waals surface area contributed by atoms with E-state index < -0.39 is 11.4 Å². The number of nitrogens with zero attached hydrogens (tertiary/aromatic N) is 1. The Kier molecular flexibility index (Phi) is 4.03. The molecule has 2 atom stereocenters. The van der Waals surface area contributed by atoms with Gasteiger partial charge in [0, 0.05) is 37.6 Å². The molecule has 4 rings (SSSR count). The maximum atomic E-state index is 12.9. The van der Waals surface area contributed by atoms with Crippen molar-refractivity contribution in [2.75, 3.05) is 39.5 Å². The van der Waals surface area contributed by atoms with E-state index in [2.05, 4.69) is 0 Å². The van der Waals surface area contributed by atoms with Crippen LogP contribution in [0.3, 0.4) is 0 Å². The molecule has 0 bridgehead atoms. The standard InChI is InChI=1S/C18H21NO6/c20-16(12-2-3-14-15(8-12)25-6-1-5-24-14)19-9-13-10-23-7-4-18(13,11-19)17(21)22/h2-3,8,13H,1,4-7,9-11H2,(H,21,22)/t13-,18+/m0/s1. The third-order valence-corrected chi connectivity index (χ3v) is 5.41. The number of hydrogen-bond acceptors (Lipinski definition) is 5. The van der Waals surface area contributed by atoms with Crippen LogP contribution in [0.5, 0.6) is 11.5 Å². The maximum absolute atomic E-state index is 12.9. The molecule has 3 aliphatic rings. The molecule has 3 heterocycles. The topological polar surface area (TPSA) is 85.3 Å². The maximum Gasteiger partial charge on any atom is 0.311 e. The number of amides is 1. The highest BCUT2D eigenvalue weighted by atomic mass is 16.5. The molecule has 0 aliphatic carbocycles. The largest absolute Gasteiger partial charge is 0.490 e. The minimum atomic E-state index is -0.890. The van der Waals surface area contributed by atoms with Crippen molar-refractivity contribution in [2.45, 2.75) is 12.8 Å². The van der Waals surface area contributed by atoms with E-state index in [4.69, 9.17) is 14.2 Å². The summed E-state index contributed by atoms with van der Waals surface area (Å²) in [7, 11) is 0. The zero-order chi connectivity index (χ0) is 17.4. The zero-order valence-electron chi connectivity index (χ0n) is 13.9. The van der Waals surface area contributed by atoms with Gasteiger partial charge in [-0.05, 0) is 24.6 Å². The van der Waals surface area contributed by atoms with Gasteiger partial charge in [0.2, 0.25) is 0 Å². The van der Waals surface area contributed by atoms with Crippen LogP contribution in [0, 0.1) is 11.3 Å². The number of rotatable bonds is 2. The van der Waals surface area contributed by atoms with Gasteiger partial charge in [-0.2, -0.15) is 0 Å². The minimum Gasteiger partial charge on any atom is -0.490 e. The summed E-state index contributed by atoms with van der Waals surface area (Å²) in [6.45, 7) is 2.58. The molecular weight excluding hydrogens is 326 g/mol. The molecule has 1 amide bonds. The summed E-state index contributed by atoms with van der Waals surface area (Å²) >= 11 is 0. The van der Waals surface area contributed by atoms with Crippen LogP contribution in [0.2, 0.25) is 0 Å². The number of carboxylic acids is 1. The number of carbonyl (C=O) groups excluding carboxylic acids is 1. The van der Waals surface area contributed by atoms with E-state index in [1.807, 2.05) is 0 Å². The number of ether oxygens (including phenoxy) is 3. The van der Waals surface area contributed by atoms with Crippen molar-refractivity contribution in [3.05, 3.63) is 23.8 Å². The Hall–Kier alpha value is -2.28. The summed E-state index contributed by atoms with van der Waals surface area (Å²) in [5, 5.41) is 9.73. The molecule has 0 saturated carbocycles. The summed E-state index contributed by atoms with van der Waals surface area (Å²) in [5.41, 5.74) is -0.400. The minimum absolute atomic E-state index is 0.164. The molecule has 25 heavy (non-hydrogen) atoms. The molecule has 3 aliphatic heterocycles. The SMILES string of the molecule is O=C(c1ccc2c(c1)OCCCO2)N1C[C@H]2COCC[C@@]2(C(=O)O)C1. The van der Waals surface area contributed by atoms with Crippen LogP contribution in [0.25, 0.3) is 0 Å². The molecule has 7 heteroatoms. The molecule has 0 unspecified atom stereocenters. The Balaban J connectivity index is 1.57. The van der Waals surface area contributed by atoms with Crippen LogP contribution >= 0.6 is 0 Å². The number of carboxylic acid groups (broad SMARTS) is 1. The number of carbonyl (C=O) groups is 2. The normalized spacial score (nSPS) is 28.2. The molecule has 1 aromatic carbocycles. The van der Waals surface area contributed by atoms with Gasteiger partial charge in [0.15, 0.2) is 11.5 Å². The van der Waals surface area contributed by atoms with Crippen molar-refractivity contribution in [3.8, 4) is 11.5 Å². The van der Waals surface area contributed by atoms with Gasteiger partial charge >= 0.3 is 5.97 Å². The number of hydrogen-bond donors (Lipinski definition) is 1. The highest BCUT2D eigenvalue weighted by Gasteiger charge is 2.54. The van der Waals surface area contributed by atoms with Crippen molar-refractivity contribution >= 4 is 11.9 Å². The van der Waals surface area contributed by atoms with E-state index in [1.54, 1.807) is 23.1 Å². The van der Waals surface area contributed by atoms with Crippen LogP contribution in [0.15, 0.2) is 18.2 Å². The highest BCUT2D eigenvalue weighted by Crippen LogP contribution is 2.43. The van der Waals surface area contributed by atoms with Gasteiger partial charge in [-0.1, -0.05) is 0 Å². The Labute approximate surface area is 145 Å². The van der Waals surface area contributed by atoms with Gasteiger partial charge in [0.1, 0.15) is 0 Å². The number of likely N-dealkylation sites (tertiary alicyclic amines) is 1. The van der Waals surface area contributed by atoms with Crippen LogP contribution < -0.4 is 9.47 Å². The lowest BCUT2D eigenvalue weighted by Gasteiger charge is -2.33. The Morgan fingerprint density at radius 3 is 2.72 bits per heavy atom. The number of fused-ring (bicyclic) bond motifs is 2. The van der Waals surface area contributed by atoms with Gasteiger partial charge in [0.25, 0.3) is 5.91 Å². The smallest absolute Gasteiger partial charge is 0.311 e. The first kappa shape index (κ1) is 16.2. The fourth-order valence-electron chi connectivity index (χ4n) is 3.93. The molecule has 1 aromatic rings. The average Bonchev–Trinajstić information content (AvgIpc) is 2.87. The van der Waals surface area contributed by atoms with Gasteiger partial charge in [0.05, 0.1) is 25.2 Å². The first-order valence-electron chi connectivity index (χ1n) is 8.60. The van der Waals surface area contributed by atoms with Crippen molar-refractivity contribution in [1.29, 1.82) is 0 Å². The fourth-order valence-corrected chi connectivity index (χ4v) is 3.93. The van der Waals surface area contributed by atoms with Gasteiger partial charge < -0.3 is 24.2 Å². The summed E-state index contributed by atoms with van der Waals surface area (Å²) in [4.78, 5) is 26.4.